The van der Waals surface area contributed by atoms with Crippen molar-refractivity contribution < 1.29 is 27.8 Å². The highest BCUT2D eigenvalue weighted by Gasteiger charge is 2.56. The van der Waals surface area contributed by atoms with Crippen LogP contribution in [0.4, 0.5) is 10.7 Å². The molecular weight excluding hydrogens is 628 g/mol. The third-order valence-electron chi connectivity index (χ3n) is 10.0. The molecule has 4 bridgehead atoms. The summed E-state index contributed by atoms with van der Waals surface area (Å²) in [5.74, 6) is 0.643. The van der Waals surface area contributed by atoms with Crippen molar-refractivity contribution in [3.63, 3.8) is 0 Å². The van der Waals surface area contributed by atoms with Gasteiger partial charge in [0.25, 0.3) is 10.0 Å². The Labute approximate surface area is 284 Å². The Kier molecular flexibility index (Phi) is 9.23. The van der Waals surface area contributed by atoms with Crippen molar-refractivity contribution in [3.8, 4) is 17.1 Å². The van der Waals surface area contributed by atoms with Crippen LogP contribution in [0.2, 0.25) is 0 Å². The Morgan fingerprint density at radius 1 is 1.10 bits per heavy atom. The smallest absolute Gasteiger partial charge is 0.407 e. The van der Waals surface area contributed by atoms with Crippen molar-refractivity contribution >= 4 is 22.1 Å². The molecule has 1 aromatic heterocycles. The number of carbonyl (C=O) groups is 1. The second-order valence-corrected chi connectivity index (χ2v) is 17.3. The van der Waals surface area contributed by atoms with Crippen molar-refractivity contribution in [1.29, 1.82) is 0 Å². The lowest BCUT2D eigenvalue weighted by Gasteiger charge is -2.60. The number of sulfonamides is 1. The standard InChI is InChI=1S/C37H48N4O6S/c1-22(2)47-35(43)38-28-18-37(19-28)16-26(17-37)33-24-10-8-12-29(13-24)48(44,45)41-34-39-30(32-23(3)9-7-11-25(32)20-42)14-31(40-34)46-21-27(33)15-36(4,5)6/h7-14,22,26-28,33,42H,15-21H2,1-6H3,(H,38,43)(H,39,40,41)/t26-,27-,28-,33?,37?/m1/s1. The molecule has 1 spiro atoms. The molecule has 2 fully saturated rings. The van der Waals surface area contributed by atoms with Crippen molar-refractivity contribution in [1.82, 2.24) is 15.3 Å². The number of nitrogens with one attached hydrogen (secondary N) is 2. The topological polar surface area (TPSA) is 140 Å². The number of amides is 1. The molecule has 1 aliphatic heterocycles. The normalized spacial score (nSPS) is 26.2. The molecule has 2 aromatic carbocycles. The second kappa shape index (κ2) is 13.0. The lowest BCUT2D eigenvalue weighted by atomic mass is 9.46. The van der Waals surface area contributed by atoms with Gasteiger partial charge < -0.3 is 19.9 Å². The van der Waals surface area contributed by atoms with E-state index in [1.165, 1.54) is 0 Å². The maximum atomic E-state index is 13.8. The molecule has 48 heavy (non-hydrogen) atoms. The first-order valence-corrected chi connectivity index (χ1v) is 18.4. The number of aliphatic hydroxyl groups is 1. The van der Waals surface area contributed by atoms with E-state index >= 15 is 0 Å². The third kappa shape index (κ3) is 7.32. The van der Waals surface area contributed by atoms with Crippen molar-refractivity contribution in [2.45, 2.75) is 103 Å². The van der Waals surface area contributed by atoms with Gasteiger partial charge in [-0.25, -0.2) is 22.9 Å². The summed E-state index contributed by atoms with van der Waals surface area (Å²) in [6.45, 7) is 12.5. The summed E-state index contributed by atoms with van der Waals surface area (Å²) in [6.07, 6.45) is 4.19. The zero-order valence-corrected chi connectivity index (χ0v) is 29.6. The molecule has 0 radical (unpaired) electrons. The average molecular weight is 677 g/mol. The van der Waals surface area contributed by atoms with E-state index in [-0.39, 0.29) is 64.2 Å². The van der Waals surface area contributed by atoms with Crippen LogP contribution in [0.5, 0.6) is 5.88 Å². The number of benzene rings is 2. The Morgan fingerprint density at radius 3 is 2.52 bits per heavy atom. The molecule has 6 rings (SSSR count). The minimum Gasteiger partial charge on any atom is -0.477 e. The Hall–Kier alpha value is -3.70. The number of aryl methyl sites for hydroxylation is 1. The quantitative estimate of drug-likeness (QED) is 0.255. The zero-order valence-electron chi connectivity index (χ0n) is 28.7. The summed E-state index contributed by atoms with van der Waals surface area (Å²) in [6, 6.07) is 14.8. The van der Waals surface area contributed by atoms with Gasteiger partial charge >= 0.3 is 6.09 Å². The average Bonchev–Trinajstić information content (AvgIpc) is 2.95. The van der Waals surface area contributed by atoms with E-state index in [1.54, 1.807) is 18.2 Å². The molecule has 2 aliphatic carbocycles. The van der Waals surface area contributed by atoms with Gasteiger partial charge in [0.2, 0.25) is 11.8 Å². The number of fused-ring (bicyclic) bond motifs is 4. The Balaban J connectivity index is 1.34. The summed E-state index contributed by atoms with van der Waals surface area (Å²) in [5.41, 5.74) is 3.91. The molecule has 258 valence electrons. The number of anilines is 1. The first kappa shape index (κ1) is 34.2. The summed E-state index contributed by atoms with van der Waals surface area (Å²) in [5, 5.41) is 13.1. The van der Waals surface area contributed by atoms with E-state index in [4.69, 9.17) is 9.47 Å². The molecule has 11 heteroatoms. The molecule has 3 aromatic rings. The first-order valence-electron chi connectivity index (χ1n) is 17.0. The monoisotopic (exact) mass is 676 g/mol. The molecule has 3 N–H and O–H groups in total. The van der Waals surface area contributed by atoms with E-state index in [0.29, 0.717) is 23.8 Å². The second-order valence-electron chi connectivity index (χ2n) is 15.6. The summed E-state index contributed by atoms with van der Waals surface area (Å²) >= 11 is 0. The predicted molar refractivity (Wildman–Crippen MR) is 184 cm³/mol. The van der Waals surface area contributed by atoms with E-state index in [1.807, 2.05) is 51.1 Å². The predicted octanol–water partition coefficient (Wildman–Crippen LogP) is 6.97. The number of aliphatic hydroxyl groups excluding tert-OH is 1. The molecule has 0 saturated heterocycles. The van der Waals surface area contributed by atoms with Crippen LogP contribution in [0.25, 0.3) is 11.3 Å². The van der Waals surface area contributed by atoms with Gasteiger partial charge in [0.15, 0.2) is 0 Å². The number of aromatic nitrogens is 2. The molecule has 2 saturated carbocycles. The van der Waals surface area contributed by atoms with E-state index in [2.05, 4.69) is 40.8 Å². The molecule has 1 unspecified atom stereocenters. The number of hydrogen-bond acceptors (Lipinski definition) is 8. The molecule has 1 amide bonds. The highest BCUT2D eigenvalue weighted by molar-refractivity contribution is 7.92. The Bertz CT molecular complexity index is 1770. The summed E-state index contributed by atoms with van der Waals surface area (Å²) in [7, 11) is -4.04. The SMILES string of the molecule is Cc1cccc(CO)c1-c1cc2nc(n1)NS(=O)(=O)c1cccc(c1)C([C@H]1CC3(C[C@H](NC(=O)OC(C)C)C3)C1)[C@H](CC(C)(C)C)CO2. The van der Waals surface area contributed by atoms with Crippen LogP contribution < -0.4 is 14.8 Å². The van der Waals surface area contributed by atoms with E-state index < -0.39 is 10.0 Å². The molecule has 2 atom stereocenters. The van der Waals surface area contributed by atoms with E-state index in [0.717, 1.165) is 48.8 Å². The van der Waals surface area contributed by atoms with Gasteiger partial charge in [0.1, 0.15) is 0 Å². The Morgan fingerprint density at radius 2 is 1.83 bits per heavy atom. The number of nitrogens with zero attached hydrogens (tertiary/aromatic N) is 2. The first-order chi connectivity index (χ1) is 22.6. The highest BCUT2D eigenvalue weighted by atomic mass is 32.2. The van der Waals surface area contributed by atoms with Crippen molar-refractivity contribution in [2.75, 3.05) is 11.3 Å². The summed E-state index contributed by atoms with van der Waals surface area (Å²) < 4.78 is 42.1. The number of rotatable bonds is 6. The van der Waals surface area contributed by atoms with Crippen LogP contribution in [-0.4, -0.2) is 48.3 Å². The van der Waals surface area contributed by atoms with Gasteiger partial charge in [-0.05, 0) is 104 Å². The zero-order chi connectivity index (χ0) is 34.4. The largest absolute Gasteiger partial charge is 0.477 e. The minimum atomic E-state index is -4.04. The summed E-state index contributed by atoms with van der Waals surface area (Å²) in [4.78, 5) is 21.5. The fourth-order valence-corrected chi connectivity index (χ4v) is 9.31. The lowest BCUT2D eigenvalue weighted by molar-refractivity contribution is -0.0696. The van der Waals surface area contributed by atoms with Gasteiger partial charge in [0, 0.05) is 23.6 Å². The van der Waals surface area contributed by atoms with Crippen molar-refractivity contribution in [3.05, 3.63) is 65.2 Å². The molecule has 10 nitrogen and oxygen atoms in total. The van der Waals surface area contributed by atoms with Crippen LogP contribution in [-0.2, 0) is 21.4 Å². The van der Waals surface area contributed by atoms with Gasteiger partial charge in [0.05, 0.1) is 29.9 Å². The number of carbonyl (C=O) groups excluding carboxylic acids is 1. The van der Waals surface area contributed by atoms with Crippen LogP contribution >= 0.6 is 0 Å². The van der Waals surface area contributed by atoms with Crippen molar-refractivity contribution in [2.24, 2.45) is 22.7 Å². The van der Waals surface area contributed by atoms with Crippen LogP contribution in [0.1, 0.15) is 89.3 Å². The van der Waals surface area contributed by atoms with Crippen LogP contribution in [0.3, 0.4) is 0 Å². The number of hydrogen-bond donors (Lipinski definition) is 3. The van der Waals surface area contributed by atoms with Gasteiger partial charge in [-0.3, -0.25) is 0 Å². The lowest BCUT2D eigenvalue weighted by Crippen LogP contribution is -2.57. The fraction of sp³-hybridized carbons (Fsp3) is 0.541. The van der Waals surface area contributed by atoms with Gasteiger partial charge in [-0.1, -0.05) is 51.1 Å². The minimum absolute atomic E-state index is 0.0164. The van der Waals surface area contributed by atoms with Crippen LogP contribution in [0, 0.1) is 29.6 Å². The fourth-order valence-electron chi connectivity index (χ4n) is 8.31. The third-order valence-corrected chi connectivity index (χ3v) is 11.3. The molecule has 2 heterocycles. The van der Waals surface area contributed by atoms with E-state index in [9.17, 15) is 18.3 Å². The molecule has 3 aliphatic rings. The van der Waals surface area contributed by atoms with Gasteiger partial charge in [-0.15, -0.1) is 0 Å². The highest BCUT2D eigenvalue weighted by Crippen LogP contribution is 2.63. The number of ether oxygens (including phenoxy) is 2. The number of alkyl carbamates (subject to hydrolysis) is 1. The molecular formula is C37H48N4O6S. The van der Waals surface area contributed by atoms with Crippen LogP contribution in [0.15, 0.2) is 53.4 Å². The van der Waals surface area contributed by atoms with Gasteiger partial charge in [-0.2, -0.15) is 4.98 Å². The maximum absolute atomic E-state index is 13.8. The maximum Gasteiger partial charge on any atom is 0.407 e.